The number of nitrogens with one attached hydrogen (secondary N) is 1. The van der Waals surface area contributed by atoms with Crippen molar-refractivity contribution in [2.45, 2.75) is 0 Å². The van der Waals surface area contributed by atoms with Gasteiger partial charge in [-0.05, 0) is 12.1 Å². The number of rotatable bonds is 3. The predicted octanol–water partition coefficient (Wildman–Crippen LogP) is 4.20. The van der Waals surface area contributed by atoms with Gasteiger partial charge in [-0.3, -0.25) is 0 Å². The van der Waals surface area contributed by atoms with Crippen LogP contribution in [0.25, 0.3) is 0 Å². The van der Waals surface area contributed by atoms with Crippen LogP contribution < -0.4 is 15.8 Å². The lowest BCUT2D eigenvalue weighted by Crippen LogP contribution is -2.02. The molecule has 3 N–H and O–H groups in total. The molecule has 2 aromatic carbocycles. The zero-order valence-corrected chi connectivity index (χ0v) is 11.9. The Labute approximate surface area is 121 Å². The fourth-order valence-corrected chi connectivity index (χ4v) is 2.03. The summed E-state index contributed by atoms with van der Waals surface area (Å²) in [5, 5.41) is 2.50. The van der Waals surface area contributed by atoms with Gasteiger partial charge in [0.1, 0.15) is 5.69 Å². The van der Waals surface area contributed by atoms with E-state index in [2.05, 4.69) is 21.2 Å². The minimum atomic E-state index is -0.806. The molecule has 0 fully saturated rings. The van der Waals surface area contributed by atoms with Gasteiger partial charge in [0.25, 0.3) is 0 Å². The summed E-state index contributed by atoms with van der Waals surface area (Å²) in [6.07, 6.45) is 0. The maximum absolute atomic E-state index is 13.7. The number of nitrogens with two attached hydrogens (primary N) is 1. The second-order valence-electron chi connectivity index (χ2n) is 3.94. The normalized spacial score (nSPS) is 10.4. The maximum Gasteiger partial charge on any atom is 0.167 e. The molecule has 0 unspecified atom stereocenters. The van der Waals surface area contributed by atoms with Crippen LogP contribution in [0.1, 0.15) is 0 Å². The SMILES string of the molecule is COc1cc(Nc2c(F)cc(Br)cc2F)c(N)cc1F. The Kier molecular flexibility index (Phi) is 4.08. The van der Waals surface area contributed by atoms with Crippen LogP contribution in [-0.2, 0) is 0 Å². The Morgan fingerprint density at radius 3 is 2.20 bits per heavy atom. The smallest absolute Gasteiger partial charge is 0.167 e. The number of benzene rings is 2. The largest absolute Gasteiger partial charge is 0.494 e. The molecule has 0 saturated carbocycles. The van der Waals surface area contributed by atoms with Gasteiger partial charge in [-0.15, -0.1) is 0 Å². The molecule has 0 aliphatic heterocycles. The van der Waals surface area contributed by atoms with Crippen molar-refractivity contribution in [2.24, 2.45) is 0 Å². The van der Waals surface area contributed by atoms with Gasteiger partial charge in [-0.2, -0.15) is 0 Å². The Balaban J connectivity index is 2.45. The van der Waals surface area contributed by atoms with E-state index in [0.29, 0.717) is 0 Å². The van der Waals surface area contributed by atoms with Crippen LogP contribution in [0.2, 0.25) is 0 Å². The highest BCUT2D eigenvalue weighted by Gasteiger charge is 2.14. The van der Waals surface area contributed by atoms with Crippen LogP contribution in [0, 0.1) is 17.5 Å². The molecule has 3 nitrogen and oxygen atoms in total. The van der Waals surface area contributed by atoms with E-state index in [0.717, 1.165) is 18.2 Å². The second-order valence-corrected chi connectivity index (χ2v) is 4.86. The first-order valence-electron chi connectivity index (χ1n) is 5.47. The first-order valence-corrected chi connectivity index (χ1v) is 6.26. The van der Waals surface area contributed by atoms with E-state index in [-0.39, 0.29) is 27.3 Å². The molecule has 0 bridgehead atoms. The lowest BCUT2D eigenvalue weighted by atomic mass is 10.2. The van der Waals surface area contributed by atoms with Gasteiger partial charge < -0.3 is 15.8 Å². The summed E-state index contributed by atoms with van der Waals surface area (Å²) < 4.78 is 45.9. The fourth-order valence-electron chi connectivity index (χ4n) is 1.63. The molecule has 0 atom stereocenters. The lowest BCUT2D eigenvalue weighted by molar-refractivity contribution is 0.387. The molecule has 0 radical (unpaired) electrons. The van der Waals surface area contributed by atoms with Gasteiger partial charge in [0, 0.05) is 16.6 Å². The first kappa shape index (κ1) is 14.5. The third-order valence-electron chi connectivity index (χ3n) is 2.59. The van der Waals surface area contributed by atoms with E-state index in [1.807, 2.05) is 0 Å². The molecule has 2 rings (SSSR count). The molecule has 7 heteroatoms. The standard InChI is InChI=1S/C13H10BrF3N2O/c1-20-12-5-11(10(18)4-7(12)15)19-13-8(16)2-6(14)3-9(13)17/h2-5,19H,18H2,1H3. The summed E-state index contributed by atoms with van der Waals surface area (Å²) in [7, 11) is 1.28. The maximum atomic E-state index is 13.7. The zero-order chi connectivity index (χ0) is 14.9. The summed E-state index contributed by atoms with van der Waals surface area (Å²) in [5.41, 5.74) is 5.38. The van der Waals surface area contributed by atoms with E-state index < -0.39 is 17.5 Å². The average Bonchev–Trinajstić information content (AvgIpc) is 2.35. The molecule has 0 saturated heterocycles. The molecule has 0 heterocycles. The second kappa shape index (κ2) is 5.62. The molecule has 106 valence electrons. The summed E-state index contributed by atoms with van der Waals surface area (Å²) in [6, 6.07) is 4.44. The first-order chi connectivity index (χ1) is 9.42. The number of hydrogen-bond acceptors (Lipinski definition) is 3. The van der Waals surface area contributed by atoms with Crippen molar-refractivity contribution in [3.8, 4) is 5.75 Å². The minimum Gasteiger partial charge on any atom is -0.494 e. The highest BCUT2D eigenvalue weighted by molar-refractivity contribution is 9.10. The van der Waals surface area contributed by atoms with Crippen molar-refractivity contribution in [3.05, 3.63) is 46.2 Å². The van der Waals surface area contributed by atoms with E-state index in [9.17, 15) is 13.2 Å². The van der Waals surface area contributed by atoms with Gasteiger partial charge in [-0.1, -0.05) is 15.9 Å². The van der Waals surface area contributed by atoms with Crippen molar-refractivity contribution < 1.29 is 17.9 Å². The quantitative estimate of drug-likeness (QED) is 0.818. The molecular weight excluding hydrogens is 337 g/mol. The molecule has 0 aliphatic rings. The summed E-state index contributed by atoms with van der Waals surface area (Å²) >= 11 is 2.98. The summed E-state index contributed by atoms with van der Waals surface area (Å²) in [6.45, 7) is 0. The van der Waals surface area contributed by atoms with Crippen LogP contribution in [-0.4, -0.2) is 7.11 Å². The highest BCUT2D eigenvalue weighted by atomic mass is 79.9. The Bertz CT molecular complexity index is 641. The minimum absolute atomic E-state index is 0.00465. The fraction of sp³-hybridized carbons (Fsp3) is 0.0769. The van der Waals surface area contributed by atoms with Crippen LogP contribution in [0.15, 0.2) is 28.7 Å². The van der Waals surface area contributed by atoms with Crippen LogP contribution in [0.5, 0.6) is 5.75 Å². The van der Waals surface area contributed by atoms with Gasteiger partial charge in [0.15, 0.2) is 23.2 Å². The van der Waals surface area contributed by atoms with Crippen molar-refractivity contribution in [1.29, 1.82) is 0 Å². The zero-order valence-electron chi connectivity index (χ0n) is 10.3. The Hall–Kier alpha value is -1.89. The number of anilines is 3. The number of nitrogen functional groups attached to an aromatic ring is 1. The van der Waals surface area contributed by atoms with E-state index >= 15 is 0 Å². The van der Waals surface area contributed by atoms with Crippen LogP contribution >= 0.6 is 15.9 Å². The van der Waals surface area contributed by atoms with Gasteiger partial charge in [0.05, 0.1) is 18.5 Å². The molecule has 0 spiro atoms. The Morgan fingerprint density at radius 1 is 1.05 bits per heavy atom. The number of ether oxygens (including phenoxy) is 1. The van der Waals surface area contributed by atoms with Crippen molar-refractivity contribution in [2.75, 3.05) is 18.2 Å². The van der Waals surface area contributed by atoms with Crippen LogP contribution in [0.4, 0.5) is 30.2 Å². The van der Waals surface area contributed by atoms with E-state index in [4.69, 9.17) is 10.5 Å². The van der Waals surface area contributed by atoms with Gasteiger partial charge in [0.2, 0.25) is 0 Å². The van der Waals surface area contributed by atoms with Crippen molar-refractivity contribution >= 4 is 33.0 Å². The molecule has 0 aliphatic carbocycles. The molecule has 2 aromatic rings. The molecule has 0 amide bonds. The molecule has 20 heavy (non-hydrogen) atoms. The summed E-state index contributed by atoms with van der Waals surface area (Å²) in [4.78, 5) is 0. The topological polar surface area (TPSA) is 47.3 Å². The lowest BCUT2D eigenvalue weighted by Gasteiger charge is -2.13. The molecular formula is C13H10BrF3N2O. The highest BCUT2D eigenvalue weighted by Crippen LogP contribution is 2.33. The van der Waals surface area contributed by atoms with Crippen LogP contribution in [0.3, 0.4) is 0 Å². The monoisotopic (exact) mass is 346 g/mol. The average molecular weight is 347 g/mol. The third kappa shape index (κ3) is 2.82. The number of halogens is 4. The number of methoxy groups -OCH3 is 1. The van der Waals surface area contributed by atoms with E-state index in [1.54, 1.807) is 0 Å². The van der Waals surface area contributed by atoms with Gasteiger partial charge in [-0.25, -0.2) is 13.2 Å². The third-order valence-corrected chi connectivity index (χ3v) is 3.05. The predicted molar refractivity (Wildman–Crippen MR) is 74.7 cm³/mol. The number of hydrogen-bond donors (Lipinski definition) is 2. The summed E-state index contributed by atoms with van der Waals surface area (Å²) in [5.74, 6) is -2.36. The molecule has 0 aromatic heterocycles. The van der Waals surface area contributed by atoms with Gasteiger partial charge >= 0.3 is 0 Å². The Morgan fingerprint density at radius 2 is 1.65 bits per heavy atom. The van der Waals surface area contributed by atoms with E-state index in [1.165, 1.54) is 13.2 Å². The van der Waals surface area contributed by atoms with Crippen molar-refractivity contribution in [1.82, 2.24) is 0 Å². The van der Waals surface area contributed by atoms with Crippen molar-refractivity contribution in [3.63, 3.8) is 0 Å².